The first-order valence-electron chi connectivity index (χ1n) is 9.54. The largest absolute Gasteiger partial charge is 0.398 e. The van der Waals surface area contributed by atoms with E-state index in [0.29, 0.717) is 10.6 Å². The van der Waals surface area contributed by atoms with Gasteiger partial charge in [-0.3, -0.25) is 4.79 Å². The lowest BCUT2D eigenvalue weighted by atomic mass is 9.80. The zero-order valence-corrected chi connectivity index (χ0v) is 17.4. The van der Waals surface area contributed by atoms with Crippen molar-refractivity contribution in [2.45, 2.75) is 30.8 Å². The first-order chi connectivity index (χ1) is 13.8. The van der Waals surface area contributed by atoms with Crippen molar-refractivity contribution in [2.75, 3.05) is 38.8 Å². The second-order valence-corrected chi connectivity index (χ2v) is 8.41. The molecule has 2 atom stereocenters. The Kier molecular flexibility index (Phi) is 4.91. The van der Waals surface area contributed by atoms with Crippen molar-refractivity contribution in [3.05, 3.63) is 40.3 Å². The number of carbonyl (C=O) groups is 1. The first-order valence-corrected chi connectivity index (χ1v) is 9.92. The van der Waals surface area contributed by atoms with Gasteiger partial charge in [0.15, 0.2) is 0 Å². The minimum atomic E-state index is -0.687. The third-order valence-electron chi connectivity index (χ3n) is 6.12. The zero-order valence-electron chi connectivity index (χ0n) is 16.7. The monoisotopic (exact) mass is 418 g/mol. The molecule has 1 aromatic heterocycles. The fourth-order valence-electron chi connectivity index (χ4n) is 4.54. The number of anilines is 2. The van der Waals surface area contributed by atoms with Gasteiger partial charge in [0.25, 0.3) is 5.91 Å². The number of nitrogen functional groups attached to an aromatic ring is 1. The Balaban J connectivity index is 1.85. The molecule has 2 aromatic rings. The van der Waals surface area contributed by atoms with Gasteiger partial charge in [0, 0.05) is 61.7 Å². The van der Waals surface area contributed by atoms with Crippen molar-refractivity contribution in [2.24, 2.45) is 0 Å². The molecule has 3 N–H and O–H groups in total. The van der Waals surface area contributed by atoms with Crippen LogP contribution in [0.1, 0.15) is 35.2 Å². The Morgan fingerprint density at radius 3 is 2.83 bits per heavy atom. The number of pyridine rings is 1. The Morgan fingerprint density at radius 2 is 2.17 bits per heavy atom. The van der Waals surface area contributed by atoms with Crippen molar-refractivity contribution in [1.82, 2.24) is 9.88 Å². The summed E-state index contributed by atoms with van der Waals surface area (Å²) in [7, 11) is 4.83. The molecule has 6 nitrogen and oxygen atoms in total. The molecule has 8 heteroatoms. The number of rotatable bonds is 3. The maximum absolute atomic E-state index is 15.4. The zero-order chi connectivity index (χ0) is 20.9. The van der Waals surface area contributed by atoms with E-state index < -0.39 is 11.7 Å². The molecule has 1 aliphatic heterocycles. The Labute approximate surface area is 174 Å². The van der Waals surface area contributed by atoms with Gasteiger partial charge in [-0.25, -0.2) is 9.37 Å². The molecule has 1 fully saturated rings. The van der Waals surface area contributed by atoms with Crippen LogP contribution in [0.3, 0.4) is 0 Å². The molecule has 1 aliphatic carbocycles. The van der Waals surface area contributed by atoms with Crippen molar-refractivity contribution in [1.29, 1.82) is 0 Å². The average Bonchev–Trinajstić information content (AvgIpc) is 3.27. The van der Waals surface area contributed by atoms with Gasteiger partial charge < -0.3 is 20.7 Å². The van der Waals surface area contributed by atoms with Gasteiger partial charge in [0.2, 0.25) is 0 Å². The number of fused-ring (bicyclic) bond motifs is 2. The number of carbonyl (C=O) groups excluding carboxylic acids is 1. The molecule has 1 spiro atoms. The van der Waals surface area contributed by atoms with Gasteiger partial charge in [-0.15, -0.1) is 0 Å². The highest BCUT2D eigenvalue weighted by Crippen LogP contribution is 2.52. The fourth-order valence-corrected chi connectivity index (χ4v) is 4.98. The molecule has 1 amide bonds. The third-order valence-corrected chi connectivity index (χ3v) is 6.51. The van der Waals surface area contributed by atoms with E-state index in [4.69, 9.17) is 22.1 Å². The number of methoxy groups -OCH3 is 1. The van der Waals surface area contributed by atoms with Crippen molar-refractivity contribution in [3.63, 3.8) is 0 Å². The van der Waals surface area contributed by atoms with E-state index in [9.17, 15) is 4.79 Å². The molecule has 154 valence electrons. The van der Waals surface area contributed by atoms with Gasteiger partial charge in [0.05, 0.1) is 16.7 Å². The molecule has 0 saturated heterocycles. The second kappa shape index (κ2) is 7.15. The van der Waals surface area contributed by atoms with E-state index in [0.717, 1.165) is 37.2 Å². The molecule has 1 aromatic carbocycles. The Bertz CT molecular complexity index is 997. The van der Waals surface area contributed by atoms with Gasteiger partial charge in [-0.2, -0.15) is 0 Å². The highest BCUT2D eigenvalue weighted by molar-refractivity contribution is 6.34. The van der Waals surface area contributed by atoms with Crippen molar-refractivity contribution < 1.29 is 13.9 Å². The van der Waals surface area contributed by atoms with Crippen LogP contribution in [0, 0.1) is 5.82 Å². The molecule has 1 saturated carbocycles. The third kappa shape index (κ3) is 3.04. The summed E-state index contributed by atoms with van der Waals surface area (Å²) in [6.07, 6.45) is 4.41. The maximum atomic E-state index is 15.4. The summed E-state index contributed by atoms with van der Waals surface area (Å²) < 4.78 is 21.0. The SMILES string of the molecule is CO[C@H]1CC[C@@]2(CNc3ncc(-c4ccc(N)c(C(=O)N(C)C)c4F)c(Cl)c32)C1. The maximum Gasteiger partial charge on any atom is 0.258 e. The minimum Gasteiger partial charge on any atom is -0.398 e. The van der Waals surface area contributed by atoms with Crippen LogP contribution in [0.25, 0.3) is 11.1 Å². The molecule has 0 unspecified atom stereocenters. The normalized spacial score (nSPS) is 22.6. The number of nitrogens with zero attached hydrogens (tertiary/aromatic N) is 2. The average molecular weight is 419 g/mol. The molecule has 2 heterocycles. The predicted molar refractivity (Wildman–Crippen MR) is 112 cm³/mol. The second-order valence-electron chi connectivity index (χ2n) is 8.03. The summed E-state index contributed by atoms with van der Waals surface area (Å²) in [5, 5.41) is 3.80. The molecule has 29 heavy (non-hydrogen) atoms. The molecular formula is C21H24ClFN4O2. The number of benzene rings is 1. The van der Waals surface area contributed by atoms with Crippen molar-refractivity contribution >= 4 is 29.0 Å². The van der Waals surface area contributed by atoms with E-state index in [1.54, 1.807) is 33.5 Å². The van der Waals surface area contributed by atoms with Crippen LogP contribution in [0.5, 0.6) is 0 Å². The van der Waals surface area contributed by atoms with E-state index >= 15 is 4.39 Å². The summed E-state index contributed by atoms with van der Waals surface area (Å²) in [4.78, 5) is 18.3. The number of nitrogens with one attached hydrogen (secondary N) is 1. The van der Waals surface area contributed by atoms with E-state index in [1.165, 1.54) is 11.0 Å². The smallest absolute Gasteiger partial charge is 0.258 e. The van der Waals surface area contributed by atoms with Crippen LogP contribution in [0.2, 0.25) is 5.02 Å². The number of hydrogen-bond acceptors (Lipinski definition) is 5. The van der Waals surface area contributed by atoms with Gasteiger partial charge in [0.1, 0.15) is 11.6 Å². The quantitative estimate of drug-likeness (QED) is 0.743. The highest BCUT2D eigenvalue weighted by Gasteiger charge is 2.47. The van der Waals surface area contributed by atoms with E-state index in [1.807, 2.05) is 0 Å². The summed E-state index contributed by atoms with van der Waals surface area (Å²) in [5.41, 5.74) is 7.24. The molecular weight excluding hydrogens is 395 g/mol. The molecule has 4 rings (SSSR count). The van der Waals surface area contributed by atoms with Gasteiger partial charge in [-0.1, -0.05) is 11.6 Å². The van der Waals surface area contributed by atoms with Crippen molar-refractivity contribution in [3.8, 4) is 11.1 Å². The fraction of sp³-hybridized carbons (Fsp3) is 0.429. The molecule has 2 aliphatic rings. The Hall–Kier alpha value is -2.38. The highest BCUT2D eigenvalue weighted by atomic mass is 35.5. The minimum absolute atomic E-state index is 0.0899. The van der Waals surface area contributed by atoms with E-state index in [2.05, 4.69) is 10.3 Å². The summed E-state index contributed by atoms with van der Waals surface area (Å²) in [5.74, 6) is -0.451. The van der Waals surface area contributed by atoms with Crippen LogP contribution in [0.15, 0.2) is 18.3 Å². The number of halogens is 2. The number of nitrogens with two attached hydrogens (primary N) is 1. The summed E-state index contributed by atoms with van der Waals surface area (Å²) in [6, 6.07) is 3.08. The van der Waals surface area contributed by atoms with Crippen LogP contribution < -0.4 is 11.1 Å². The first kappa shape index (κ1) is 19.9. The van der Waals surface area contributed by atoms with Crippen LogP contribution >= 0.6 is 11.6 Å². The number of aromatic nitrogens is 1. The molecule has 0 radical (unpaired) electrons. The standard InChI is InChI=1S/C21H24ClFN4O2/c1-27(2)20(28)15-14(24)5-4-12(18(15)23)13-9-25-19-16(17(13)22)21(10-26-19)7-6-11(8-21)29-3/h4-5,9,11H,6-8,10,24H2,1-3H3,(H,25,26)/t11-,21-/m0/s1. The predicted octanol–water partition coefficient (Wildman–Crippen LogP) is 3.69. The lowest BCUT2D eigenvalue weighted by molar-refractivity contribution is 0.0824. The van der Waals surface area contributed by atoms with Crippen LogP contribution in [-0.2, 0) is 10.2 Å². The lowest BCUT2D eigenvalue weighted by Gasteiger charge is -2.25. The van der Waals surface area contributed by atoms with E-state index in [-0.39, 0.29) is 28.3 Å². The van der Waals surface area contributed by atoms with Crippen LogP contribution in [0.4, 0.5) is 15.9 Å². The Morgan fingerprint density at radius 1 is 1.41 bits per heavy atom. The lowest BCUT2D eigenvalue weighted by Crippen LogP contribution is -2.26. The van der Waals surface area contributed by atoms with Crippen LogP contribution in [-0.4, -0.2) is 49.6 Å². The summed E-state index contributed by atoms with van der Waals surface area (Å²) >= 11 is 6.84. The summed E-state index contributed by atoms with van der Waals surface area (Å²) in [6.45, 7) is 0.729. The topological polar surface area (TPSA) is 80.5 Å². The number of hydrogen-bond donors (Lipinski definition) is 2. The number of ether oxygens (including phenoxy) is 1. The molecule has 0 bridgehead atoms. The van der Waals surface area contributed by atoms with Gasteiger partial charge >= 0.3 is 0 Å². The van der Waals surface area contributed by atoms with Gasteiger partial charge in [-0.05, 0) is 31.4 Å². The number of amides is 1.